The minimum atomic E-state index is -0.580. The van der Waals surface area contributed by atoms with Crippen LogP contribution in [-0.4, -0.2) is 16.6 Å². The summed E-state index contributed by atoms with van der Waals surface area (Å²) < 4.78 is 0. The second-order valence-corrected chi connectivity index (χ2v) is 7.25. The van der Waals surface area contributed by atoms with Crippen LogP contribution in [-0.2, 0) is 10.2 Å². The molecular formula is C19H21NO2. The molecule has 1 fully saturated rings. The van der Waals surface area contributed by atoms with Crippen LogP contribution in [0.1, 0.15) is 55.1 Å². The molecule has 1 saturated carbocycles. The van der Waals surface area contributed by atoms with Gasteiger partial charge in [-0.05, 0) is 24.3 Å². The number of rotatable bonds is 3. The van der Waals surface area contributed by atoms with Crippen molar-refractivity contribution in [1.82, 2.24) is 4.98 Å². The maximum Gasteiger partial charge on any atom is 0.194 e. The molecule has 0 amide bonds. The lowest BCUT2D eigenvalue weighted by Gasteiger charge is -2.25. The summed E-state index contributed by atoms with van der Waals surface area (Å²) in [6.07, 6.45) is 4.86. The van der Waals surface area contributed by atoms with E-state index in [1.54, 1.807) is 6.20 Å². The van der Waals surface area contributed by atoms with Crippen LogP contribution in [0.2, 0.25) is 0 Å². The summed E-state index contributed by atoms with van der Waals surface area (Å²) in [4.78, 5) is 28.4. The van der Waals surface area contributed by atoms with Gasteiger partial charge >= 0.3 is 0 Å². The van der Waals surface area contributed by atoms with Crippen molar-refractivity contribution in [2.45, 2.75) is 39.0 Å². The van der Waals surface area contributed by atoms with Crippen molar-refractivity contribution < 1.29 is 9.59 Å². The number of H-pyrrole nitrogens is 1. The van der Waals surface area contributed by atoms with Crippen LogP contribution in [0.15, 0.2) is 42.7 Å². The predicted octanol–water partition coefficient (Wildman–Crippen LogP) is 3.89. The van der Waals surface area contributed by atoms with Gasteiger partial charge in [0, 0.05) is 29.9 Å². The molecular weight excluding hydrogens is 274 g/mol. The largest absolute Gasteiger partial charge is 0.367 e. The standard InChI is InChI=1S/C19H21NO2/c1-18(2)9-16(21)19(3,12-18)15-11-20-10-14(15)17(22)13-7-5-4-6-8-13/h4-8,10-11,20H,9,12H2,1-3H3. The highest BCUT2D eigenvalue weighted by Crippen LogP contribution is 2.48. The van der Waals surface area contributed by atoms with Gasteiger partial charge in [0.15, 0.2) is 5.78 Å². The van der Waals surface area contributed by atoms with Crippen LogP contribution in [0.5, 0.6) is 0 Å². The van der Waals surface area contributed by atoms with E-state index in [0.717, 1.165) is 12.0 Å². The zero-order valence-electron chi connectivity index (χ0n) is 13.3. The minimum absolute atomic E-state index is 0.0177. The number of hydrogen-bond donors (Lipinski definition) is 1. The number of carbonyl (C=O) groups is 2. The van der Waals surface area contributed by atoms with Gasteiger partial charge in [-0.1, -0.05) is 44.2 Å². The molecule has 1 unspecified atom stereocenters. The quantitative estimate of drug-likeness (QED) is 0.873. The van der Waals surface area contributed by atoms with Crippen molar-refractivity contribution in [3.8, 4) is 0 Å². The topological polar surface area (TPSA) is 49.9 Å². The van der Waals surface area contributed by atoms with Gasteiger partial charge in [0.05, 0.1) is 5.41 Å². The van der Waals surface area contributed by atoms with Gasteiger partial charge in [0.1, 0.15) is 5.78 Å². The van der Waals surface area contributed by atoms with Crippen LogP contribution >= 0.6 is 0 Å². The van der Waals surface area contributed by atoms with Crippen molar-refractivity contribution in [3.05, 3.63) is 59.4 Å². The van der Waals surface area contributed by atoms with Crippen LogP contribution < -0.4 is 0 Å². The van der Waals surface area contributed by atoms with Crippen LogP contribution in [0, 0.1) is 5.41 Å². The van der Waals surface area contributed by atoms with E-state index in [9.17, 15) is 9.59 Å². The molecule has 0 bridgehead atoms. The van der Waals surface area contributed by atoms with Gasteiger partial charge in [-0.15, -0.1) is 0 Å². The molecule has 0 saturated heterocycles. The highest BCUT2D eigenvalue weighted by atomic mass is 16.1. The van der Waals surface area contributed by atoms with Crippen molar-refractivity contribution in [1.29, 1.82) is 0 Å². The molecule has 1 aliphatic rings. The highest BCUT2D eigenvalue weighted by Gasteiger charge is 2.49. The smallest absolute Gasteiger partial charge is 0.194 e. The number of aromatic nitrogens is 1. The summed E-state index contributed by atoms with van der Waals surface area (Å²) in [7, 11) is 0. The third-order valence-corrected chi connectivity index (χ3v) is 4.71. The fraction of sp³-hybridized carbons (Fsp3) is 0.368. The first-order valence-electron chi connectivity index (χ1n) is 7.64. The fourth-order valence-corrected chi connectivity index (χ4v) is 3.75. The Bertz CT molecular complexity index is 727. The van der Waals surface area contributed by atoms with E-state index in [2.05, 4.69) is 18.8 Å². The lowest BCUT2D eigenvalue weighted by molar-refractivity contribution is -0.121. The highest BCUT2D eigenvalue weighted by molar-refractivity contribution is 6.11. The Labute approximate surface area is 130 Å². The maximum atomic E-state index is 12.8. The average molecular weight is 295 g/mol. The summed E-state index contributed by atoms with van der Waals surface area (Å²) >= 11 is 0. The minimum Gasteiger partial charge on any atom is -0.367 e. The number of benzene rings is 1. The zero-order valence-corrected chi connectivity index (χ0v) is 13.3. The summed E-state index contributed by atoms with van der Waals surface area (Å²) in [5.41, 5.74) is 1.49. The monoisotopic (exact) mass is 295 g/mol. The van der Waals surface area contributed by atoms with Gasteiger partial charge in [-0.3, -0.25) is 9.59 Å². The van der Waals surface area contributed by atoms with Crippen molar-refractivity contribution in [2.24, 2.45) is 5.41 Å². The van der Waals surface area contributed by atoms with E-state index in [1.165, 1.54) is 0 Å². The summed E-state index contributed by atoms with van der Waals surface area (Å²) in [5.74, 6) is 0.190. The van der Waals surface area contributed by atoms with Crippen LogP contribution in [0.25, 0.3) is 0 Å². The normalized spacial score (nSPS) is 23.7. The molecule has 114 valence electrons. The molecule has 1 atom stereocenters. The summed E-state index contributed by atoms with van der Waals surface area (Å²) in [6.45, 7) is 6.19. The maximum absolute atomic E-state index is 12.8. The van der Waals surface area contributed by atoms with Gasteiger partial charge in [0.2, 0.25) is 0 Å². The third-order valence-electron chi connectivity index (χ3n) is 4.71. The third kappa shape index (κ3) is 2.31. The van der Waals surface area contributed by atoms with Gasteiger partial charge in [-0.2, -0.15) is 0 Å². The Hall–Kier alpha value is -2.16. The number of ketones is 2. The van der Waals surface area contributed by atoms with E-state index < -0.39 is 5.41 Å². The van der Waals surface area contributed by atoms with Gasteiger partial charge in [0.25, 0.3) is 0 Å². The number of aromatic amines is 1. The number of nitrogens with one attached hydrogen (secondary N) is 1. The number of carbonyl (C=O) groups excluding carboxylic acids is 2. The van der Waals surface area contributed by atoms with E-state index in [-0.39, 0.29) is 17.0 Å². The molecule has 1 aromatic carbocycles. The van der Waals surface area contributed by atoms with Crippen molar-refractivity contribution in [3.63, 3.8) is 0 Å². The molecule has 3 heteroatoms. The molecule has 3 nitrogen and oxygen atoms in total. The Morgan fingerprint density at radius 2 is 1.77 bits per heavy atom. The summed E-state index contributed by atoms with van der Waals surface area (Å²) in [5, 5.41) is 0. The Balaban J connectivity index is 2.03. The first-order chi connectivity index (χ1) is 10.3. The van der Waals surface area contributed by atoms with Gasteiger partial charge in [-0.25, -0.2) is 0 Å². The van der Waals surface area contributed by atoms with E-state index >= 15 is 0 Å². The molecule has 2 aromatic rings. The van der Waals surface area contributed by atoms with E-state index in [0.29, 0.717) is 17.5 Å². The second-order valence-electron chi connectivity index (χ2n) is 7.25. The molecule has 3 rings (SSSR count). The van der Waals surface area contributed by atoms with Gasteiger partial charge < -0.3 is 4.98 Å². The number of hydrogen-bond acceptors (Lipinski definition) is 2. The van der Waals surface area contributed by atoms with E-state index in [1.807, 2.05) is 43.5 Å². The SMILES string of the molecule is CC1(C)CC(=O)C(C)(c2c[nH]cc2C(=O)c2ccccc2)C1. The zero-order chi connectivity index (χ0) is 16.0. The molecule has 0 spiro atoms. The lowest BCUT2D eigenvalue weighted by atomic mass is 9.76. The molecule has 1 aromatic heterocycles. The first kappa shape index (κ1) is 14.8. The van der Waals surface area contributed by atoms with Crippen LogP contribution in [0.4, 0.5) is 0 Å². The Morgan fingerprint density at radius 3 is 2.36 bits per heavy atom. The van der Waals surface area contributed by atoms with E-state index in [4.69, 9.17) is 0 Å². The molecule has 22 heavy (non-hydrogen) atoms. The number of Topliss-reactive ketones (excluding diaryl/α,β-unsaturated/α-hetero) is 1. The second kappa shape index (κ2) is 4.94. The molecule has 0 radical (unpaired) electrons. The molecule has 1 heterocycles. The molecule has 1 N–H and O–H groups in total. The fourth-order valence-electron chi connectivity index (χ4n) is 3.75. The average Bonchev–Trinajstić information content (AvgIpc) is 3.03. The summed E-state index contributed by atoms with van der Waals surface area (Å²) in [6, 6.07) is 9.21. The lowest BCUT2D eigenvalue weighted by Crippen LogP contribution is -2.28. The van der Waals surface area contributed by atoms with Crippen molar-refractivity contribution >= 4 is 11.6 Å². The Morgan fingerprint density at radius 1 is 1.09 bits per heavy atom. The van der Waals surface area contributed by atoms with Crippen molar-refractivity contribution in [2.75, 3.05) is 0 Å². The Kier molecular flexibility index (Phi) is 3.32. The molecule has 0 aliphatic heterocycles. The molecule has 1 aliphatic carbocycles. The van der Waals surface area contributed by atoms with Crippen LogP contribution in [0.3, 0.4) is 0 Å². The predicted molar refractivity (Wildman–Crippen MR) is 86.0 cm³/mol. The first-order valence-corrected chi connectivity index (χ1v) is 7.64.